The molecule has 1 heterocycles. The second-order valence-corrected chi connectivity index (χ2v) is 6.60. The van der Waals surface area contributed by atoms with E-state index in [1.165, 1.54) is 10.9 Å². The lowest BCUT2D eigenvalue weighted by molar-refractivity contribution is 0.599. The predicted octanol–water partition coefficient (Wildman–Crippen LogP) is 2.86. The average molecular weight is 353 g/mol. The molecular weight excluding hydrogens is 343 g/mol. The molecule has 0 atom stereocenters. The summed E-state index contributed by atoms with van der Waals surface area (Å²) in [6.07, 6.45) is 1.37. The van der Waals surface area contributed by atoms with Crippen molar-refractivity contribution in [3.63, 3.8) is 0 Å². The van der Waals surface area contributed by atoms with Crippen LogP contribution in [-0.4, -0.2) is 23.2 Å². The highest BCUT2D eigenvalue weighted by Crippen LogP contribution is 2.24. The van der Waals surface area contributed by atoms with Crippen molar-refractivity contribution in [2.75, 3.05) is 4.72 Å². The van der Waals surface area contributed by atoms with Gasteiger partial charge in [-0.15, -0.1) is 10.2 Å². The van der Waals surface area contributed by atoms with E-state index in [0.29, 0.717) is 5.69 Å². The van der Waals surface area contributed by atoms with E-state index in [2.05, 4.69) is 14.9 Å². The molecule has 6 nitrogen and oxygen atoms in total. The third-order valence-electron chi connectivity index (χ3n) is 2.99. The lowest BCUT2D eigenvalue weighted by atomic mass is 10.3. The topological polar surface area (TPSA) is 76.9 Å². The number of nitrogens with zero attached hydrogens (tertiary/aromatic N) is 3. The Labute approximate surface area is 136 Å². The smallest absolute Gasteiger partial charge is 0.265 e. The van der Waals surface area contributed by atoms with Gasteiger partial charge in [-0.25, -0.2) is 17.5 Å². The minimum atomic E-state index is -4.03. The van der Waals surface area contributed by atoms with Gasteiger partial charge in [-0.1, -0.05) is 29.8 Å². The molecule has 3 rings (SSSR count). The van der Waals surface area contributed by atoms with Gasteiger partial charge in [0.15, 0.2) is 0 Å². The van der Waals surface area contributed by atoms with E-state index in [9.17, 15) is 12.8 Å². The molecular formula is C14H10ClFN4O2S. The van der Waals surface area contributed by atoms with Crippen LogP contribution in [0.15, 0.2) is 59.8 Å². The van der Waals surface area contributed by atoms with Crippen LogP contribution < -0.4 is 4.72 Å². The Bertz CT molecular complexity index is 944. The van der Waals surface area contributed by atoms with Gasteiger partial charge in [0.25, 0.3) is 10.0 Å². The van der Waals surface area contributed by atoms with Crippen LogP contribution in [0.2, 0.25) is 5.02 Å². The van der Waals surface area contributed by atoms with Gasteiger partial charge >= 0.3 is 0 Å². The van der Waals surface area contributed by atoms with Crippen LogP contribution in [0.1, 0.15) is 0 Å². The highest BCUT2D eigenvalue weighted by atomic mass is 35.5. The number of para-hydroxylation sites is 1. The van der Waals surface area contributed by atoms with E-state index in [1.807, 2.05) is 6.07 Å². The van der Waals surface area contributed by atoms with Crippen LogP contribution in [0.4, 0.5) is 10.3 Å². The van der Waals surface area contributed by atoms with Crippen molar-refractivity contribution in [2.24, 2.45) is 0 Å². The number of hydrogen-bond donors (Lipinski definition) is 1. The molecule has 118 valence electrons. The van der Waals surface area contributed by atoms with Crippen LogP contribution in [-0.2, 0) is 10.0 Å². The molecule has 9 heteroatoms. The maximum Gasteiger partial charge on any atom is 0.265 e. The summed E-state index contributed by atoms with van der Waals surface area (Å²) in [5.41, 5.74) is 0.681. The number of halogens is 2. The summed E-state index contributed by atoms with van der Waals surface area (Å²) in [6.45, 7) is 0. The predicted molar refractivity (Wildman–Crippen MR) is 83.6 cm³/mol. The van der Waals surface area contributed by atoms with Gasteiger partial charge in [0.05, 0.1) is 10.7 Å². The number of rotatable bonds is 4. The highest BCUT2D eigenvalue weighted by molar-refractivity contribution is 7.92. The monoisotopic (exact) mass is 352 g/mol. The van der Waals surface area contributed by atoms with Crippen LogP contribution in [0, 0.1) is 5.82 Å². The number of hydrogen-bond acceptors (Lipinski definition) is 4. The maximum atomic E-state index is 13.1. The van der Waals surface area contributed by atoms with Crippen molar-refractivity contribution in [3.05, 3.63) is 65.7 Å². The fraction of sp³-hybridized carbons (Fsp3) is 0. The molecule has 0 saturated carbocycles. The zero-order chi connectivity index (χ0) is 16.4. The van der Waals surface area contributed by atoms with Crippen molar-refractivity contribution in [2.45, 2.75) is 4.90 Å². The SMILES string of the molecule is O=S(=O)(Nc1nncn1-c1ccccc1)c1ccc(F)cc1Cl. The lowest BCUT2D eigenvalue weighted by Crippen LogP contribution is -2.16. The summed E-state index contributed by atoms with van der Waals surface area (Å²) >= 11 is 5.81. The Morgan fingerprint density at radius 3 is 2.57 bits per heavy atom. The molecule has 0 fully saturated rings. The van der Waals surface area contributed by atoms with Crippen LogP contribution >= 0.6 is 11.6 Å². The lowest BCUT2D eigenvalue weighted by Gasteiger charge is -2.10. The first-order chi connectivity index (χ1) is 11.0. The first-order valence-electron chi connectivity index (χ1n) is 6.41. The quantitative estimate of drug-likeness (QED) is 0.783. The minimum absolute atomic E-state index is 0.00316. The fourth-order valence-electron chi connectivity index (χ4n) is 1.95. The average Bonchev–Trinajstić information content (AvgIpc) is 2.95. The molecule has 0 saturated heterocycles. The molecule has 0 aliphatic carbocycles. The van der Waals surface area contributed by atoms with E-state index in [4.69, 9.17) is 11.6 Å². The zero-order valence-corrected chi connectivity index (χ0v) is 13.1. The number of benzene rings is 2. The summed E-state index contributed by atoms with van der Waals surface area (Å²) in [5, 5.41) is 7.24. The van der Waals surface area contributed by atoms with Crippen molar-refractivity contribution >= 4 is 27.6 Å². The molecule has 0 spiro atoms. The van der Waals surface area contributed by atoms with Crippen LogP contribution in [0.5, 0.6) is 0 Å². The number of aromatic nitrogens is 3. The number of anilines is 1. The van der Waals surface area contributed by atoms with E-state index < -0.39 is 15.8 Å². The number of nitrogens with one attached hydrogen (secondary N) is 1. The summed E-state index contributed by atoms with van der Waals surface area (Å²) in [4.78, 5) is -0.247. The summed E-state index contributed by atoms with van der Waals surface area (Å²) < 4.78 is 41.7. The van der Waals surface area contributed by atoms with Crippen molar-refractivity contribution in [1.82, 2.24) is 14.8 Å². The molecule has 2 aromatic carbocycles. The molecule has 0 amide bonds. The van der Waals surface area contributed by atoms with E-state index in [-0.39, 0.29) is 15.9 Å². The Morgan fingerprint density at radius 2 is 1.87 bits per heavy atom. The minimum Gasteiger partial charge on any atom is -0.267 e. The molecule has 0 unspecified atom stereocenters. The molecule has 1 N–H and O–H groups in total. The summed E-state index contributed by atoms with van der Waals surface area (Å²) in [6, 6.07) is 12.0. The third kappa shape index (κ3) is 3.17. The zero-order valence-electron chi connectivity index (χ0n) is 11.5. The van der Waals surface area contributed by atoms with Crippen molar-refractivity contribution in [1.29, 1.82) is 0 Å². The van der Waals surface area contributed by atoms with Gasteiger partial charge in [-0.3, -0.25) is 4.57 Å². The van der Waals surface area contributed by atoms with E-state index >= 15 is 0 Å². The van der Waals surface area contributed by atoms with Gasteiger partial charge in [-0.2, -0.15) is 0 Å². The summed E-state index contributed by atoms with van der Waals surface area (Å²) in [7, 11) is -4.03. The van der Waals surface area contributed by atoms with Crippen LogP contribution in [0.25, 0.3) is 5.69 Å². The molecule has 23 heavy (non-hydrogen) atoms. The van der Waals surface area contributed by atoms with Crippen molar-refractivity contribution < 1.29 is 12.8 Å². The first-order valence-corrected chi connectivity index (χ1v) is 8.27. The normalized spacial score (nSPS) is 11.4. The van der Waals surface area contributed by atoms with Gasteiger partial charge in [-0.05, 0) is 30.3 Å². The standard InChI is InChI=1S/C14H10ClFN4O2S/c15-12-8-10(16)6-7-13(12)23(21,22)19-14-18-17-9-20(14)11-4-2-1-3-5-11/h1-9H,(H,18,19). The first kappa shape index (κ1) is 15.4. The van der Waals surface area contributed by atoms with E-state index in [1.54, 1.807) is 24.3 Å². The van der Waals surface area contributed by atoms with Crippen LogP contribution in [0.3, 0.4) is 0 Å². The number of sulfonamides is 1. The Morgan fingerprint density at radius 1 is 1.13 bits per heavy atom. The second-order valence-electron chi connectivity index (χ2n) is 4.54. The molecule has 1 aromatic heterocycles. The highest BCUT2D eigenvalue weighted by Gasteiger charge is 2.21. The fourth-order valence-corrected chi connectivity index (χ4v) is 3.47. The molecule has 0 aliphatic heterocycles. The largest absolute Gasteiger partial charge is 0.267 e. The van der Waals surface area contributed by atoms with Crippen molar-refractivity contribution in [3.8, 4) is 5.69 Å². The molecule has 0 bridgehead atoms. The Balaban J connectivity index is 1.98. The third-order valence-corrected chi connectivity index (χ3v) is 4.80. The Kier molecular flexibility index (Phi) is 4.01. The van der Waals surface area contributed by atoms with Gasteiger partial charge in [0.1, 0.15) is 17.0 Å². The van der Waals surface area contributed by atoms with Gasteiger partial charge < -0.3 is 0 Å². The van der Waals surface area contributed by atoms with Gasteiger partial charge in [0.2, 0.25) is 5.95 Å². The molecule has 3 aromatic rings. The summed E-state index contributed by atoms with van der Waals surface area (Å²) in [5.74, 6) is -0.627. The van der Waals surface area contributed by atoms with Gasteiger partial charge in [0, 0.05) is 0 Å². The van der Waals surface area contributed by atoms with E-state index in [0.717, 1.165) is 18.2 Å². The second kappa shape index (κ2) is 5.98. The maximum absolute atomic E-state index is 13.1. The molecule has 0 radical (unpaired) electrons. The molecule has 0 aliphatic rings. The Hall–Kier alpha value is -2.45.